The average Bonchev–Trinajstić information content (AvgIpc) is 2.38. The van der Waals surface area contributed by atoms with E-state index in [-0.39, 0.29) is 4.83 Å². The van der Waals surface area contributed by atoms with Gasteiger partial charge in [0.15, 0.2) is 0 Å². The van der Waals surface area contributed by atoms with E-state index in [1.165, 1.54) is 11.1 Å². The van der Waals surface area contributed by atoms with Crippen LogP contribution in [0.15, 0.2) is 46.9 Å². The van der Waals surface area contributed by atoms with Crippen molar-refractivity contribution in [2.75, 3.05) is 7.11 Å². The third-order valence-corrected chi connectivity index (χ3v) is 4.63. The lowest BCUT2D eigenvalue weighted by Crippen LogP contribution is -1.96. The van der Waals surface area contributed by atoms with E-state index in [4.69, 9.17) is 4.74 Å². The van der Waals surface area contributed by atoms with E-state index in [1.807, 2.05) is 18.2 Å². The number of hydrogen-bond acceptors (Lipinski definition) is 1. The molecule has 0 bridgehead atoms. The van der Waals surface area contributed by atoms with Gasteiger partial charge in [-0.2, -0.15) is 0 Å². The molecule has 0 aliphatic carbocycles. The van der Waals surface area contributed by atoms with Gasteiger partial charge in [-0.05, 0) is 35.7 Å². The summed E-state index contributed by atoms with van der Waals surface area (Å²) in [6.45, 7) is 2.06. The Balaban J connectivity index is 2.37. The van der Waals surface area contributed by atoms with Crippen LogP contribution in [0, 0.1) is 6.92 Å². The minimum Gasteiger partial charge on any atom is -0.496 e. The molecule has 1 nitrogen and oxygen atoms in total. The standard InChI is InChI=1S/C15H14Br2O/c1-10-9-11(7-8-14(10)18-2)15(17)12-5-3-4-6-13(12)16/h3-9,15H,1-2H3. The van der Waals surface area contributed by atoms with Crippen molar-refractivity contribution in [1.29, 1.82) is 0 Å². The normalized spacial score (nSPS) is 12.2. The Kier molecular flexibility index (Phi) is 4.46. The Hall–Kier alpha value is -0.800. The second-order valence-corrected chi connectivity index (χ2v) is 5.88. The van der Waals surface area contributed by atoms with Gasteiger partial charge in [-0.3, -0.25) is 0 Å². The molecule has 18 heavy (non-hydrogen) atoms. The van der Waals surface area contributed by atoms with E-state index in [1.54, 1.807) is 7.11 Å². The van der Waals surface area contributed by atoms with Crippen LogP contribution in [0.2, 0.25) is 0 Å². The lowest BCUT2D eigenvalue weighted by molar-refractivity contribution is 0.411. The first-order valence-electron chi connectivity index (χ1n) is 5.66. The number of aryl methyl sites for hydroxylation is 1. The summed E-state index contributed by atoms with van der Waals surface area (Å²) >= 11 is 7.34. The maximum Gasteiger partial charge on any atom is 0.121 e. The molecule has 0 N–H and O–H groups in total. The Morgan fingerprint density at radius 1 is 1.11 bits per heavy atom. The van der Waals surface area contributed by atoms with Crippen LogP contribution in [0.5, 0.6) is 5.75 Å². The van der Waals surface area contributed by atoms with E-state index in [9.17, 15) is 0 Å². The predicted octanol–water partition coefficient (Wildman–Crippen LogP) is 5.25. The van der Waals surface area contributed by atoms with Gasteiger partial charge in [0, 0.05) is 4.47 Å². The molecule has 0 radical (unpaired) electrons. The molecule has 1 atom stereocenters. The molecule has 0 aromatic heterocycles. The molecule has 0 aliphatic heterocycles. The highest BCUT2D eigenvalue weighted by atomic mass is 79.9. The zero-order chi connectivity index (χ0) is 13.1. The van der Waals surface area contributed by atoms with Gasteiger partial charge in [0.1, 0.15) is 5.75 Å². The van der Waals surface area contributed by atoms with Crippen LogP contribution in [0.1, 0.15) is 21.5 Å². The summed E-state index contributed by atoms with van der Waals surface area (Å²) in [5, 5.41) is 0. The van der Waals surface area contributed by atoms with Crippen molar-refractivity contribution in [3.8, 4) is 5.75 Å². The number of ether oxygens (including phenoxy) is 1. The quantitative estimate of drug-likeness (QED) is 0.671. The van der Waals surface area contributed by atoms with Crippen LogP contribution in [0.25, 0.3) is 0 Å². The van der Waals surface area contributed by atoms with E-state index < -0.39 is 0 Å². The molecule has 0 fully saturated rings. The number of halogens is 2. The Morgan fingerprint density at radius 2 is 1.83 bits per heavy atom. The highest BCUT2D eigenvalue weighted by molar-refractivity contribution is 9.11. The number of methoxy groups -OCH3 is 1. The highest BCUT2D eigenvalue weighted by Gasteiger charge is 2.14. The van der Waals surface area contributed by atoms with Crippen molar-refractivity contribution in [3.05, 3.63) is 63.6 Å². The molecule has 0 heterocycles. The van der Waals surface area contributed by atoms with Crippen molar-refractivity contribution in [2.45, 2.75) is 11.8 Å². The molecule has 2 rings (SSSR count). The molecule has 94 valence electrons. The van der Waals surface area contributed by atoms with E-state index in [0.717, 1.165) is 15.8 Å². The number of alkyl halides is 1. The first kappa shape index (κ1) is 13.6. The molecule has 2 aromatic rings. The predicted molar refractivity (Wildman–Crippen MR) is 82.6 cm³/mol. The smallest absolute Gasteiger partial charge is 0.121 e. The molecular weight excluding hydrogens is 356 g/mol. The second kappa shape index (κ2) is 5.89. The molecule has 1 unspecified atom stereocenters. The molecule has 0 saturated carbocycles. The zero-order valence-electron chi connectivity index (χ0n) is 10.3. The van der Waals surface area contributed by atoms with Gasteiger partial charge >= 0.3 is 0 Å². The maximum atomic E-state index is 5.28. The number of rotatable bonds is 3. The third kappa shape index (κ3) is 2.78. The minimum absolute atomic E-state index is 0.178. The minimum atomic E-state index is 0.178. The Labute approximate surface area is 124 Å². The third-order valence-electron chi connectivity index (χ3n) is 2.89. The first-order valence-corrected chi connectivity index (χ1v) is 7.37. The van der Waals surface area contributed by atoms with Crippen LogP contribution >= 0.6 is 31.9 Å². The summed E-state index contributed by atoms with van der Waals surface area (Å²) < 4.78 is 6.40. The van der Waals surface area contributed by atoms with Crippen LogP contribution in [0.3, 0.4) is 0 Å². The average molecular weight is 370 g/mol. The summed E-state index contributed by atoms with van der Waals surface area (Å²) in [6, 6.07) is 14.5. The number of hydrogen-bond donors (Lipinski definition) is 0. The van der Waals surface area contributed by atoms with Crippen molar-refractivity contribution in [2.24, 2.45) is 0 Å². The molecule has 0 saturated heterocycles. The van der Waals surface area contributed by atoms with E-state index in [2.05, 4.69) is 63.0 Å². The van der Waals surface area contributed by atoms with Crippen LogP contribution < -0.4 is 4.74 Å². The Bertz CT molecular complexity index is 552. The summed E-state index contributed by atoms with van der Waals surface area (Å²) in [7, 11) is 1.70. The van der Waals surface area contributed by atoms with Crippen molar-refractivity contribution >= 4 is 31.9 Å². The Morgan fingerprint density at radius 3 is 2.44 bits per heavy atom. The lowest BCUT2D eigenvalue weighted by Gasteiger charge is -2.14. The SMILES string of the molecule is COc1ccc(C(Br)c2ccccc2Br)cc1C. The molecule has 2 aromatic carbocycles. The fourth-order valence-corrected chi connectivity index (χ4v) is 3.42. The van der Waals surface area contributed by atoms with Crippen LogP contribution in [-0.4, -0.2) is 7.11 Å². The van der Waals surface area contributed by atoms with Gasteiger partial charge in [-0.1, -0.05) is 62.2 Å². The fraction of sp³-hybridized carbons (Fsp3) is 0.200. The van der Waals surface area contributed by atoms with Crippen LogP contribution in [0.4, 0.5) is 0 Å². The molecule has 0 aliphatic rings. The molecule has 3 heteroatoms. The van der Waals surface area contributed by atoms with Gasteiger partial charge in [-0.25, -0.2) is 0 Å². The maximum absolute atomic E-state index is 5.28. The highest BCUT2D eigenvalue weighted by Crippen LogP contribution is 2.36. The van der Waals surface area contributed by atoms with Crippen molar-refractivity contribution in [1.82, 2.24) is 0 Å². The summed E-state index contributed by atoms with van der Waals surface area (Å²) in [5.41, 5.74) is 3.59. The second-order valence-electron chi connectivity index (χ2n) is 4.11. The largest absolute Gasteiger partial charge is 0.496 e. The monoisotopic (exact) mass is 368 g/mol. The summed E-state index contributed by atoms with van der Waals surface area (Å²) in [5.74, 6) is 0.922. The van der Waals surface area contributed by atoms with Crippen LogP contribution in [-0.2, 0) is 0 Å². The van der Waals surface area contributed by atoms with E-state index in [0.29, 0.717) is 0 Å². The number of benzene rings is 2. The topological polar surface area (TPSA) is 9.23 Å². The van der Waals surface area contributed by atoms with Crippen molar-refractivity contribution < 1.29 is 4.74 Å². The summed E-state index contributed by atoms with van der Waals surface area (Å²) in [6.07, 6.45) is 0. The first-order chi connectivity index (χ1) is 8.63. The fourth-order valence-electron chi connectivity index (χ4n) is 1.92. The molecule has 0 spiro atoms. The van der Waals surface area contributed by atoms with Gasteiger partial charge in [0.2, 0.25) is 0 Å². The summed E-state index contributed by atoms with van der Waals surface area (Å²) in [4.78, 5) is 0.178. The van der Waals surface area contributed by atoms with Gasteiger partial charge in [-0.15, -0.1) is 0 Å². The van der Waals surface area contributed by atoms with Crippen molar-refractivity contribution in [3.63, 3.8) is 0 Å². The lowest BCUT2D eigenvalue weighted by atomic mass is 10.0. The zero-order valence-corrected chi connectivity index (χ0v) is 13.5. The molecular formula is C15H14Br2O. The molecule has 0 amide bonds. The van der Waals surface area contributed by atoms with E-state index >= 15 is 0 Å². The van der Waals surface area contributed by atoms with Gasteiger partial charge < -0.3 is 4.74 Å². The van der Waals surface area contributed by atoms with Gasteiger partial charge in [0.05, 0.1) is 11.9 Å². The van der Waals surface area contributed by atoms with Gasteiger partial charge in [0.25, 0.3) is 0 Å².